The van der Waals surface area contributed by atoms with Crippen molar-refractivity contribution in [1.29, 1.82) is 0 Å². The second kappa shape index (κ2) is 15.5. The molecule has 0 radical (unpaired) electrons. The van der Waals surface area contributed by atoms with Gasteiger partial charge in [-0.05, 0) is 47.9 Å². The molecule has 4 aromatic carbocycles. The van der Waals surface area contributed by atoms with Gasteiger partial charge in [-0.2, -0.15) is 0 Å². The van der Waals surface area contributed by atoms with E-state index in [9.17, 15) is 22.4 Å². The topological polar surface area (TPSA) is 86.8 Å². The quantitative estimate of drug-likeness (QED) is 0.166. The molecule has 1 unspecified atom stereocenters. The van der Waals surface area contributed by atoms with E-state index in [0.29, 0.717) is 6.54 Å². The average Bonchev–Trinajstić information content (AvgIpc) is 3.04. The van der Waals surface area contributed by atoms with Crippen LogP contribution < -0.4 is 9.62 Å². The molecular weight excluding hydrogens is 601 g/mol. The highest BCUT2D eigenvalue weighted by Crippen LogP contribution is 2.28. The molecule has 4 aromatic rings. The maximum atomic E-state index is 14.4. The monoisotopic (exact) mass is 635 g/mol. The summed E-state index contributed by atoms with van der Waals surface area (Å²) in [4.78, 5) is 29.4. The van der Waals surface area contributed by atoms with E-state index in [0.717, 1.165) is 34.3 Å². The van der Waals surface area contributed by atoms with Gasteiger partial charge in [0.15, 0.2) is 0 Å². The second-order valence-corrected chi connectivity index (χ2v) is 12.5. The van der Waals surface area contributed by atoms with Crippen molar-refractivity contribution in [3.63, 3.8) is 0 Å². The van der Waals surface area contributed by atoms with E-state index >= 15 is 0 Å². The summed E-state index contributed by atoms with van der Waals surface area (Å²) in [6, 6.07) is 28.7. The number of amides is 2. The van der Waals surface area contributed by atoms with Crippen LogP contribution in [0.1, 0.15) is 30.9 Å². The van der Waals surface area contributed by atoms with Crippen molar-refractivity contribution < 1.29 is 22.4 Å². The van der Waals surface area contributed by atoms with Crippen molar-refractivity contribution in [2.75, 3.05) is 17.4 Å². The van der Waals surface area contributed by atoms with Crippen LogP contribution in [0.5, 0.6) is 0 Å². The lowest BCUT2D eigenvalue weighted by molar-refractivity contribution is -0.140. The van der Waals surface area contributed by atoms with E-state index in [1.165, 1.54) is 29.2 Å². The molecule has 0 saturated carbocycles. The molecule has 0 aliphatic carbocycles. The minimum atomic E-state index is -4.30. The van der Waals surface area contributed by atoms with Crippen LogP contribution in [0.2, 0.25) is 5.02 Å². The lowest BCUT2D eigenvalue weighted by atomic mass is 10.0. The normalized spacial score (nSPS) is 11.9. The molecule has 0 aliphatic rings. The van der Waals surface area contributed by atoms with Crippen LogP contribution in [0.4, 0.5) is 10.1 Å². The second-order valence-electron chi connectivity index (χ2n) is 10.3. The molecule has 0 bridgehead atoms. The number of halogens is 2. The van der Waals surface area contributed by atoms with Gasteiger partial charge < -0.3 is 10.2 Å². The number of hydrogen-bond acceptors (Lipinski definition) is 4. The Hall–Kier alpha value is -4.21. The zero-order valence-electron chi connectivity index (χ0n) is 24.4. The van der Waals surface area contributed by atoms with Crippen LogP contribution >= 0.6 is 11.6 Å². The lowest BCUT2D eigenvalue weighted by Gasteiger charge is -2.34. The molecule has 0 aliphatic heterocycles. The Labute approximate surface area is 263 Å². The summed E-state index contributed by atoms with van der Waals surface area (Å²) in [6.07, 6.45) is 1.86. The first-order chi connectivity index (χ1) is 21.2. The Kier molecular flexibility index (Phi) is 11.5. The standard InChI is InChI=1S/C34H35ClFN3O4S/c1-2-3-21-37-34(41)32(22-26-13-7-4-8-14-26)38(24-27-15-9-5-10-16-27)33(40)25-39(28-19-20-31(36)30(35)23-28)44(42,43)29-17-11-6-12-18-29/h4-20,23,32H,2-3,21-22,24-25H2,1H3,(H,37,41). The predicted octanol–water partition coefficient (Wildman–Crippen LogP) is 6.23. The summed E-state index contributed by atoms with van der Waals surface area (Å²) in [7, 11) is -4.30. The van der Waals surface area contributed by atoms with E-state index in [4.69, 9.17) is 11.6 Å². The summed E-state index contributed by atoms with van der Waals surface area (Å²) in [6.45, 7) is 1.86. The minimum absolute atomic E-state index is 0.0141. The van der Waals surface area contributed by atoms with Gasteiger partial charge in [-0.25, -0.2) is 12.8 Å². The SMILES string of the molecule is CCCCNC(=O)C(Cc1ccccc1)N(Cc1ccccc1)C(=O)CN(c1ccc(F)c(Cl)c1)S(=O)(=O)c1ccccc1. The fraction of sp³-hybridized carbons (Fsp3) is 0.235. The number of anilines is 1. The summed E-state index contributed by atoms with van der Waals surface area (Å²) in [5.74, 6) is -1.68. The highest BCUT2D eigenvalue weighted by molar-refractivity contribution is 7.92. The smallest absolute Gasteiger partial charge is 0.264 e. The van der Waals surface area contributed by atoms with E-state index in [1.807, 2.05) is 67.6 Å². The van der Waals surface area contributed by atoms with Crippen LogP contribution in [0.15, 0.2) is 114 Å². The van der Waals surface area contributed by atoms with E-state index in [1.54, 1.807) is 18.2 Å². The van der Waals surface area contributed by atoms with Crippen LogP contribution in [-0.2, 0) is 32.6 Å². The Morgan fingerprint density at radius 1 is 0.864 bits per heavy atom. The van der Waals surface area contributed by atoms with Gasteiger partial charge in [0, 0.05) is 19.5 Å². The first kappa shape index (κ1) is 32.7. The first-order valence-electron chi connectivity index (χ1n) is 14.4. The highest BCUT2D eigenvalue weighted by Gasteiger charge is 2.34. The third kappa shape index (κ3) is 8.45. The van der Waals surface area contributed by atoms with Crippen molar-refractivity contribution in [2.45, 2.75) is 43.7 Å². The maximum absolute atomic E-state index is 14.4. The number of sulfonamides is 1. The van der Waals surface area contributed by atoms with Crippen molar-refractivity contribution in [1.82, 2.24) is 10.2 Å². The molecule has 2 amide bonds. The van der Waals surface area contributed by atoms with Crippen molar-refractivity contribution in [2.24, 2.45) is 0 Å². The van der Waals surface area contributed by atoms with Crippen molar-refractivity contribution in [3.05, 3.63) is 131 Å². The number of nitrogens with zero attached hydrogens (tertiary/aromatic N) is 2. The number of benzene rings is 4. The van der Waals surface area contributed by atoms with Gasteiger partial charge in [0.05, 0.1) is 15.6 Å². The van der Waals surface area contributed by atoms with Crippen LogP contribution in [0.25, 0.3) is 0 Å². The Bertz CT molecular complexity index is 1640. The molecule has 7 nitrogen and oxygen atoms in total. The number of unbranched alkanes of at least 4 members (excludes halogenated alkanes) is 1. The summed E-state index contributed by atoms with van der Waals surface area (Å²) in [5, 5.41) is 2.67. The van der Waals surface area contributed by atoms with Crippen molar-refractivity contribution in [3.8, 4) is 0 Å². The summed E-state index contributed by atoms with van der Waals surface area (Å²) >= 11 is 6.06. The minimum Gasteiger partial charge on any atom is -0.354 e. The van der Waals surface area contributed by atoms with Crippen LogP contribution in [0, 0.1) is 5.82 Å². The Balaban J connectivity index is 1.78. The molecule has 44 heavy (non-hydrogen) atoms. The fourth-order valence-corrected chi connectivity index (χ4v) is 6.33. The van der Waals surface area contributed by atoms with Crippen LogP contribution in [0.3, 0.4) is 0 Å². The number of rotatable bonds is 14. The molecule has 4 rings (SSSR count). The van der Waals surface area contributed by atoms with E-state index < -0.39 is 34.3 Å². The fourth-order valence-electron chi connectivity index (χ4n) is 4.73. The molecule has 0 fully saturated rings. The third-order valence-corrected chi connectivity index (χ3v) is 9.18. The molecule has 0 spiro atoms. The van der Waals surface area contributed by atoms with Gasteiger partial charge >= 0.3 is 0 Å². The van der Waals surface area contributed by atoms with Gasteiger partial charge in [0.1, 0.15) is 18.4 Å². The largest absolute Gasteiger partial charge is 0.354 e. The van der Waals surface area contributed by atoms with Gasteiger partial charge in [0.25, 0.3) is 10.0 Å². The summed E-state index contributed by atoms with van der Waals surface area (Å²) < 4.78 is 42.9. The summed E-state index contributed by atoms with van der Waals surface area (Å²) in [5.41, 5.74) is 1.62. The van der Waals surface area contributed by atoms with E-state index in [2.05, 4.69) is 5.32 Å². The van der Waals surface area contributed by atoms with Gasteiger partial charge in [0.2, 0.25) is 11.8 Å². The van der Waals surface area contributed by atoms with Gasteiger partial charge in [-0.15, -0.1) is 0 Å². The van der Waals surface area contributed by atoms with E-state index in [-0.39, 0.29) is 34.5 Å². The molecule has 1 atom stereocenters. The highest BCUT2D eigenvalue weighted by atomic mass is 35.5. The molecule has 1 N–H and O–H groups in total. The molecule has 0 saturated heterocycles. The van der Waals surface area contributed by atoms with Crippen LogP contribution in [-0.4, -0.2) is 44.3 Å². The zero-order valence-corrected chi connectivity index (χ0v) is 26.0. The molecule has 0 heterocycles. The number of carbonyl (C=O) groups excluding carboxylic acids is 2. The van der Waals surface area contributed by atoms with Crippen molar-refractivity contribution >= 4 is 39.1 Å². The van der Waals surface area contributed by atoms with Gasteiger partial charge in [-0.1, -0.05) is 104 Å². The third-order valence-electron chi connectivity index (χ3n) is 7.10. The predicted molar refractivity (Wildman–Crippen MR) is 171 cm³/mol. The molecule has 230 valence electrons. The maximum Gasteiger partial charge on any atom is 0.264 e. The molecular formula is C34H35ClFN3O4S. The number of hydrogen-bond donors (Lipinski definition) is 1. The van der Waals surface area contributed by atoms with Gasteiger partial charge in [-0.3, -0.25) is 13.9 Å². The number of carbonyl (C=O) groups is 2. The lowest BCUT2D eigenvalue weighted by Crippen LogP contribution is -2.53. The Morgan fingerprint density at radius 2 is 1.45 bits per heavy atom. The zero-order chi connectivity index (χ0) is 31.5. The average molecular weight is 636 g/mol. The first-order valence-corrected chi connectivity index (χ1v) is 16.2. The Morgan fingerprint density at radius 3 is 2.05 bits per heavy atom. The molecule has 0 aromatic heterocycles. The number of nitrogens with one attached hydrogen (secondary N) is 1. The molecule has 10 heteroatoms.